The monoisotopic (exact) mass is 451 g/mol. The van der Waals surface area contributed by atoms with E-state index in [2.05, 4.69) is 14.8 Å². The molecule has 0 radical (unpaired) electrons. The molecule has 1 aliphatic heterocycles. The first-order chi connectivity index (χ1) is 14.3. The number of hydrogen-bond donors (Lipinski definition) is 0. The van der Waals surface area contributed by atoms with Gasteiger partial charge in [0.05, 0.1) is 14.7 Å². The van der Waals surface area contributed by atoms with Crippen molar-refractivity contribution in [3.8, 4) is 0 Å². The number of aromatic nitrogens is 3. The second-order valence-corrected chi connectivity index (χ2v) is 11.0. The molecule has 9 nitrogen and oxygen atoms in total. The summed E-state index contributed by atoms with van der Waals surface area (Å²) in [5, 5.41) is 20.9. The molecule has 162 valence electrons. The van der Waals surface area contributed by atoms with Crippen LogP contribution in [0.4, 0.5) is 5.69 Å². The Kier molecular flexibility index (Phi) is 5.86. The predicted octanol–water partition coefficient (Wildman–Crippen LogP) is 3.97. The van der Waals surface area contributed by atoms with Crippen LogP contribution in [0, 0.1) is 10.1 Å². The molecular formula is C19H25N5O4S2. The Hall–Kier alpha value is -1.98. The van der Waals surface area contributed by atoms with Gasteiger partial charge in [-0.25, -0.2) is 8.42 Å². The molecule has 1 aromatic carbocycles. The Labute approximate surface area is 180 Å². The van der Waals surface area contributed by atoms with Gasteiger partial charge in [0.1, 0.15) is 5.82 Å². The van der Waals surface area contributed by atoms with E-state index in [4.69, 9.17) is 0 Å². The minimum absolute atomic E-state index is 0.0352. The van der Waals surface area contributed by atoms with Crippen molar-refractivity contribution in [2.24, 2.45) is 0 Å². The zero-order valence-corrected chi connectivity index (χ0v) is 18.7. The molecule has 2 aromatic rings. The predicted molar refractivity (Wildman–Crippen MR) is 112 cm³/mol. The number of nitro benzene ring substituents is 1. The molecule has 0 N–H and O–H groups in total. The molecule has 4 rings (SSSR count). The van der Waals surface area contributed by atoms with Crippen LogP contribution in [-0.2, 0) is 10.0 Å². The van der Waals surface area contributed by atoms with Gasteiger partial charge in [0, 0.05) is 31.1 Å². The van der Waals surface area contributed by atoms with Crippen molar-refractivity contribution in [2.75, 3.05) is 13.1 Å². The Morgan fingerprint density at radius 3 is 2.47 bits per heavy atom. The number of nitrogens with zero attached hydrogens (tertiary/aromatic N) is 5. The molecule has 0 bridgehead atoms. The molecule has 0 unspecified atom stereocenters. The molecule has 11 heteroatoms. The van der Waals surface area contributed by atoms with Gasteiger partial charge in [-0.1, -0.05) is 20.3 Å². The third-order valence-electron chi connectivity index (χ3n) is 5.40. The van der Waals surface area contributed by atoms with E-state index in [-0.39, 0.29) is 16.5 Å². The lowest BCUT2D eigenvalue weighted by Crippen LogP contribution is -2.35. The zero-order chi connectivity index (χ0) is 21.5. The van der Waals surface area contributed by atoms with E-state index in [1.54, 1.807) is 0 Å². The first-order valence-corrected chi connectivity index (χ1v) is 12.5. The lowest BCUT2D eigenvalue weighted by molar-refractivity contribution is -0.388. The lowest BCUT2D eigenvalue weighted by Gasteiger charge is -2.25. The number of benzene rings is 1. The first-order valence-electron chi connectivity index (χ1n) is 10.2. The van der Waals surface area contributed by atoms with Crippen molar-refractivity contribution < 1.29 is 13.3 Å². The maximum absolute atomic E-state index is 12.9. The van der Waals surface area contributed by atoms with Crippen LogP contribution in [0.15, 0.2) is 33.1 Å². The summed E-state index contributed by atoms with van der Waals surface area (Å²) < 4.78 is 29.3. The molecule has 0 spiro atoms. The molecule has 1 saturated heterocycles. The number of sulfonamides is 1. The number of hydrogen-bond acceptors (Lipinski definition) is 7. The molecule has 1 aliphatic carbocycles. The van der Waals surface area contributed by atoms with Gasteiger partial charge in [0.15, 0.2) is 5.16 Å². The van der Waals surface area contributed by atoms with E-state index in [0.29, 0.717) is 29.2 Å². The van der Waals surface area contributed by atoms with Crippen molar-refractivity contribution in [1.82, 2.24) is 19.1 Å². The van der Waals surface area contributed by atoms with Gasteiger partial charge in [0.25, 0.3) is 5.69 Å². The maximum atomic E-state index is 12.9. The second kappa shape index (κ2) is 8.27. The van der Waals surface area contributed by atoms with Crippen LogP contribution < -0.4 is 0 Å². The average molecular weight is 452 g/mol. The molecule has 1 saturated carbocycles. The summed E-state index contributed by atoms with van der Waals surface area (Å²) in [4.78, 5) is 11.6. The maximum Gasteiger partial charge on any atom is 0.284 e. The van der Waals surface area contributed by atoms with Crippen LogP contribution in [0.1, 0.15) is 63.7 Å². The SMILES string of the molecule is CC(C)c1nnc(Sc2ccc(S(=O)(=O)N3CCCCC3)cc2[N+](=O)[O-])n1C1CC1. The van der Waals surface area contributed by atoms with Gasteiger partial charge < -0.3 is 4.57 Å². The second-order valence-electron chi connectivity index (χ2n) is 8.05. The molecule has 1 aromatic heterocycles. The molecular weight excluding hydrogens is 426 g/mol. The molecule has 2 fully saturated rings. The third kappa shape index (κ3) is 4.10. The average Bonchev–Trinajstić information content (AvgIpc) is 3.48. The largest absolute Gasteiger partial charge is 0.302 e. The molecule has 2 heterocycles. The number of rotatable bonds is 7. The quantitative estimate of drug-likeness (QED) is 0.462. The number of piperidine rings is 1. The fourth-order valence-electron chi connectivity index (χ4n) is 3.67. The van der Waals surface area contributed by atoms with E-state index in [0.717, 1.165) is 37.9 Å². The van der Waals surface area contributed by atoms with Crippen LogP contribution in [-0.4, -0.2) is 45.5 Å². The molecule has 0 amide bonds. The van der Waals surface area contributed by atoms with Crippen LogP contribution >= 0.6 is 11.8 Å². The normalized spacial score (nSPS) is 18.1. The zero-order valence-electron chi connectivity index (χ0n) is 17.0. The van der Waals surface area contributed by atoms with E-state index in [1.165, 1.54) is 34.3 Å². The highest BCUT2D eigenvalue weighted by molar-refractivity contribution is 7.99. The summed E-state index contributed by atoms with van der Waals surface area (Å²) in [7, 11) is -3.74. The minimum atomic E-state index is -3.74. The minimum Gasteiger partial charge on any atom is -0.302 e. The van der Waals surface area contributed by atoms with Gasteiger partial charge in [-0.05, 0) is 49.6 Å². The van der Waals surface area contributed by atoms with E-state index >= 15 is 0 Å². The van der Waals surface area contributed by atoms with Gasteiger partial charge >= 0.3 is 0 Å². The van der Waals surface area contributed by atoms with Crippen LogP contribution in [0.25, 0.3) is 0 Å². The summed E-state index contributed by atoms with van der Waals surface area (Å²) in [6.45, 7) is 4.99. The summed E-state index contributed by atoms with van der Waals surface area (Å²) in [6.07, 6.45) is 4.71. The van der Waals surface area contributed by atoms with Gasteiger partial charge in [-0.3, -0.25) is 10.1 Å². The van der Waals surface area contributed by atoms with Crippen LogP contribution in [0.3, 0.4) is 0 Å². The summed E-state index contributed by atoms with van der Waals surface area (Å²) >= 11 is 1.17. The fraction of sp³-hybridized carbons (Fsp3) is 0.579. The Balaban J connectivity index is 1.68. The van der Waals surface area contributed by atoms with Crippen molar-refractivity contribution in [3.63, 3.8) is 0 Å². The van der Waals surface area contributed by atoms with Crippen molar-refractivity contribution in [3.05, 3.63) is 34.1 Å². The standard InChI is InChI=1S/C19H25N5O4S2/c1-13(2)18-20-21-19(23(18)14-6-7-14)29-17-9-8-15(12-16(17)24(25)26)30(27,28)22-10-4-3-5-11-22/h8-9,12-14H,3-7,10-11H2,1-2H3. The third-order valence-corrected chi connectivity index (χ3v) is 8.32. The van der Waals surface area contributed by atoms with E-state index < -0.39 is 14.9 Å². The van der Waals surface area contributed by atoms with E-state index in [9.17, 15) is 18.5 Å². The number of nitro groups is 1. The highest BCUT2D eigenvalue weighted by Crippen LogP contribution is 2.43. The summed E-state index contributed by atoms with van der Waals surface area (Å²) in [5.41, 5.74) is -0.227. The highest BCUT2D eigenvalue weighted by Gasteiger charge is 2.32. The lowest BCUT2D eigenvalue weighted by atomic mass is 10.2. The first kappa shape index (κ1) is 21.3. The topological polar surface area (TPSA) is 111 Å². The van der Waals surface area contributed by atoms with Crippen LogP contribution in [0.5, 0.6) is 0 Å². The van der Waals surface area contributed by atoms with Crippen molar-refractivity contribution >= 4 is 27.5 Å². The smallest absolute Gasteiger partial charge is 0.284 e. The van der Waals surface area contributed by atoms with Gasteiger partial charge in [-0.15, -0.1) is 10.2 Å². The Morgan fingerprint density at radius 1 is 1.17 bits per heavy atom. The van der Waals surface area contributed by atoms with Crippen LogP contribution in [0.2, 0.25) is 0 Å². The van der Waals surface area contributed by atoms with Gasteiger partial charge in [0.2, 0.25) is 10.0 Å². The Morgan fingerprint density at radius 2 is 1.87 bits per heavy atom. The van der Waals surface area contributed by atoms with Crippen molar-refractivity contribution in [2.45, 2.75) is 72.9 Å². The summed E-state index contributed by atoms with van der Waals surface area (Å²) in [5.74, 6) is 1.06. The van der Waals surface area contributed by atoms with E-state index in [1.807, 2.05) is 13.8 Å². The van der Waals surface area contributed by atoms with Gasteiger partial charge in [-0.2, -0.15) is 4.31 Å². The molecule has 2 aliphatic rings. The fourth-order valence-corrected chi connectivity index (χ4v) is 6.20. The molecule has 30 heavy (non-hydrogen) atoms. The summed E-state index contributed by atoms with van der Waals surface area (Å²) in [6, 6.07) is 4.48. The molecule has 0 atom stereocenters. The van der Waals surface area contributed by atoms with Crippen molar-refractivity contribution in [1.29, 1.82) is 0 Å². The highest BCUT2D eigenvalue weighted by atomic mass is 32.2. The Bertz CT molecular complexity index is 1060.